The quantitative estimate of drug-likeness (QED) is 0.117. The van der Waals surface area contributed by atoms with Crippen LogP contribution in [0, 0.1) is 0 Å². The molecule has 0 aliphatic carbocycles. The van der Waals surface area contributed by atoms with Gasteiger partial charge in [0.15, 0.2) is 0 Å². The maximum Gasteiger partial charge on any atom is 0.573 e. The van der Waals surface area contributed by atoms with Gasteiger partial charge in [-0.15, -0.1) is 26.3 Å². The molecule has 2 aliphatic rings. The van der Waals surface area contributed by atoms with Crippen molar-refractivity contribution in [1.82, 2.24) is 9.80 Å². The van der Waals surface area contributed by atoms with Crippen molar-refractivity contribution in [2.24, 2.45) is 0 Å². The Morgan fingerprint density at radius 2 is 0.909 bits per heavy atom. The number of carbonyl (C=O) groups excluding carboxylic acids is 2. The molecule has 8 rings (SSSR count). The summed E-state index contributed by atoms with van der Waals surface area (Å²) in [4.78, 5) is 34.0. The Balaban J connectivity index is 0.000000196. The number of piperazine rings is 2. The number of carbonyl (C=O) groups is 2. The molecular formula is C50H48F6N6O4. The minimum absolute atomic E-state index is 0.00809. The van der Waals surface area contributed by atoms with E-state index < -0.39 is 12.7 Å². The second-order valence-electron chi connectivity index (χ2n) is 15.4. The molecule has 0 aromatic heterocycles. The Kier molecular flexibility index (Phi) is 15.2. The van der Waals surface area contributed by atoms with Gasteiger partial charge in [-0.05, 0) is 96.6 Å². The van der Waals surface area contributed by atoms with Crippen LogP contribution in [0.5, 0.6) is 11.5 Å². The fourth-order valence-corrected chi connectivity index (χ4v) is 7.57. The SMILES string of the molecule is O=C(c1ccc(NCc2cccc(OC(F)(F)F)c2)cc1)N1CCN(c2ccccc2)CC1.O=C(c1ccc(NCc2ccccc2OC(F)(F)F)cc1)N1CCN(c2ccccc2)CC1. The first-order valence-corrected chi connectivity index (χ1v) is 21.3. The average molecular weight is 911 g/mol. The Morgan fingerprint density at radius 1 is 0.470 bits per heavy atom. The van der Waals surface area contributed by atoms with Gasteiger partial charge in [0.1, 0.15) is 11.5 Å². The highest BCUT2D eigenvalue weighted by molar-refractivity contribution is 5.95. The van der Waals surface area contributed by atoms with Crippen molar-refractivity contribution in [2.45, 2.75) is 25.8 Å². The molecule has 344 valence electrons. The minimum atomic E-state index is -4.75. The third-order valence-electron chi connectivity index (χ3n) is 11.0. The lowest BCUT2D eigenvalue weighted by Crippen LogP contribution is -2.48. The molecule has 0 atom stereocenters. The maximum absolute atomic E-state index is 12.9. The topological polar surface area (TPSA) is 89.6 Å². The molecule has 0 saturated carbocycles. The molecule has 0 radical (unpaired) electrons. The standard InChI is InChI=1S/2C25H24F3N3O2/c26-25(27,28)33-23-9-5-4-6-20(23)18-29-21-12-10-19(11-13-21)24(32)31-16-14-30(15-17-31)22-7-2-1-3-8-22;26-25(27,28)33-23-8-4-5-19(17-23)18-29-21-11-9-20(10-12-21)24(32)31-15-13-30(14-16-31)22-6-2-1-3-7-22/h1-13,29H,14-18H2;1-12,17,29H,13-16,18H2. The molecule has 2 N–H and O–H groups in total. The molecule has 0 unspecified atom stereocenters. The summed E-state index contributed by atoms with van der Waals surface area (Å²) in [6.45, 7) is 6.19. The Bertz CT molecular complexity index is 2480. The molecule has 2 saturated heterocycles. The van der Waals surface area contributed by atoms with Crippen molar-refractivity contribution >= 4 is 34.6 Å². The number of hydrogen-bond donors (Lipinski definition) is 2. The lowest BCUT2D eigenvalue weighted by atomic mass is 10.1. The zero-order valence-corrected chi connectivity index (χ0v) is 35.8. The van der Waals surface area contributed by atoms with Crippen molar-refractivity contribution < 1.29 is 45.4 Å². The highest BCUT2D eigenvalue weighted by Gasteiger charge is 2.32. The Morgan fingerprint density at radius 3 is 1.38 bits per heavy atom. The number of nitrogens with one attached hydrogen (secondary N) is 2. The number of amides is 2. The molecule has 0 spiro atoms. The van der Waals surface area contributed by atoms with Gasteiger partial charge in [0.2, 0.25) is 0 Å². The van der Waals surface area contributed by atoms with Gasteiger partial charge >= 0.3 is 12.7 Å². The lowest BCUT2D eigenvalue weighted by molar-refractivity contribution is -0.275. The van der Waals surface area contributed by atoms with E-state index >= 15 is 0 Å². The molecule has 2 heterocycles. The van der Waals surface area contributed by atoms with Crippen molar-refractivity contribution in [2.75, 3.05) is 72.8 Å². The number of alkyl halides is 6. The van der Waals surface area contributed by atoms with E-state index in [-0.39, 0.29) is 29.9 Å². The monoisotopic (exact) mass is 910 g/mol. The fourth-order valence-electron chi connectivity index (χ4n) is 7.57. The number of para-hydroxylation sites is 3. The molecule has 66 heavy (non-hydrogen) atoms. The van der Waals surface area contributed by atoms with Crippen LogP contribution in [-0.2, 0) is 13.1 Å². The van der Waals surface area contributed by atoms with Crippen LogP contribution in [0.4, 0.5) is 49.1 Å². The van der Waals surface area contributed by atoms with Crippen LogP contribution in [-0.4, -0.2) is 86.7 Å². The summed E-state index contributed by atoms with van der Waals surface area (Å²) in [5, 5.41) is 6.23. The second-order valence-corrected chi connectivity index (χ2v) is 15.4. The van der Waals surface area contributed by atoms with Crippen molar-refractivity contribution in [3.63, 3.8) is 0 Å². The highest BCUT2D eigenvalue weighted by Crippen LogP contribution is 2.28. The van der Waals surface area contributed by atoms with Crippen LogP contribution < -0.4 is 29.9 Å². The summed E-state index contributed by atoms with van der Waals surface area (Å²) >= 11 is 0. The molecule has 0 bridgehead atoms. The normalized spacial score (nSPS) is 14.2. The van der Waals surface area contributed by atoms with E-state index in [0.717, 1.165) is 43.2 Å². The molecule has 10 nitrogen and oxygen atoms in total. The molecule has 16 heteroatoms. The first-order chi connectivity index (χ1) is 31.8. The molecule has 6 aromatic rings. The summed E-state index contributed by atoms with van der Waals surface area (Å²) in [7, 11) is 0. The Labute approximate surface area is 379 Å². The van der Waals surface area contributed by atoms with Gasteiger partial charge < -0.3 is 39.7 Å². The van der Waals surface area contributed by atoms with Gasteiger partial charge in [0, 0.05) is 105 Å². The summed E-state index contributed by atoms with van der Waals surface area (Å²) < 4.78 is 83.0. The van der Waals surface area contributed by atoms with E-state index in [2.05, 4.69) is 54.2 Å². The number of rotatable bonds is 12. The van der Waals surface area contributed by atoms with Gasteiger partial charge in [-0.25, -0.2) is 0 Å². The summed E-state index contributed by atoms with van der Waals surface area (Å²) in [6.07, 6.45) is -9.46. The van der Waals surface area contributed by atoms with Crippen LogP contribution >= 0.6 is 0 Å². The van der Waals surface area contributed by atoms with Gasteiger partial charge in [-0.2, -0.15) is 0 Å². The third kappa shape index (κ3) is 13.6. The molecule has 2 aliphatic heterocycles. The van der Waals surface area contributed by atoms with Gasteiger partial charge in [-0.1, -0.05) is 66.7 Å². The van der Waals surface area contributed by atoms with E-state index in [0.29, 0.717) is 60.7 Å². The van der Waals surface area contributed by atoms with Crippen LogP contribution in [0.25, 0.3) is 0 Å². The van der Waals surface area contributed by atoms with Crippen LogP contribution in [0.1, 0.15) is 31.8 Å². The molecule has 2 fully saturated rings. The van der Waals surface area contributed by atoms with Gasteiger partial charge in [0.05, 0.1) is 0 Å². The zero-order chi connectivity index (χ0) is 46.5. The maximum atomic E-state index is 12.9. The first-order valence-electron chi connectivity index (χ1n) is 21.3. The third-order valence-corrected chi connectivity index (χ3v) is 11.0. The van der Waals surface area contributed by atoms with Gasteiger partial charge in [-0.3, -0.25) is 9.59 Å². The van der Waals surface area contributed by atoms with Gasteiger partial charge in [0.25, 0.3) is 11.8 Å². The summed E-state index contributed by atoms with van der Waals surface area (Å²) in [5.41, 5.74) is 5.99. The molecule has 6 aromatic carbocycles. The predicted molar refractivity (Wildman–Crippen MR) is 243 cm³/mol. The number of halogens is 6. The van der Waals surface area contributed by atoms with E-state index in [1.54, 1.807) is 66.7 Å². The fraction of sp³-hybridized carbons (Fsp3) is 0.240. The van der Waals surface area contributed by atoms with Crippen molar-refractivity contribution in [3.8, 4) is 11.5 Å². The Hall–Kier alpha value is -7.36. The highest BCUT2D eigenvalue weighted by atomic mass is 19.4. The molecular weight excluding hydrogens is 863 g/mol. The number of hydrogen-bond acceptors (Lipinski definition) is 8. The number of nitrogens with zero attached hydrogens (tertiary/aromatic N) is 4. The van der Waals surface area contributed by atoms with Crippen molar-refractivity contribution in [3.05, 3.63) is 180 Å². The summed E-state index contributed by atoms with van der Waals surface area (Å²) in [5.74, 6) is -0.529. The molecule has 2 amide bonds. The zero-order valence-electron chi connectivity index (χ0n) is 35.8. The van der Waals surface area contributed by atoms with E-state index in [1.807, 2.05) is 46.2 Å². The largest absolute Gasteiger partial charge is 0.573 e. The van der Waals surface area contributed by atoms with E-state index in [4.69, 9.17) is 0 Å². The average Bonchev–Trinajstić information content (AvgIpc) is 3.33. The van der Waals surface area contributed by atoms with Crippen molar-refractivity contribution in [1.29, 1.82) is 0 Å². The number of ether oxygens (including phenoxy) is 2. The lowest BCUT2D eigenvalue weighted by Gasteiger charge is -2.36. The predicted octanol–water partition coefficient (Wildman–Crippen LogP) is 10.3. The summed E-state index contributed by atoms with van der Waals surface area (Å²) in [6, 6.07) is 46.2. The van der Waals surface area contributed by atoms with E-state index in [9.17, 15) is 35.9 Å². The number of anilines is 4. The van der Waals surface area contributed by atoms with Crippen LogP contribution in [0.15, 0.2) is 158 Å². The first kappa shape index (κ1) is 46.6. The number of benzene rings is 6. The van der Waals surface area contributed by atoms with Crippen LogP contribution in [0.2, 0.25) is 0 Å². The second kappa shape index (κ2) is 21.5. The van der Waals surface area contributed by atoms with E-state index in [1.165, 1.54) is 30.3 Å². The van der Waals surface area contributed by atoms with Crippen LogP contribution in [0.3, 0.4) is 0 Å². The minimum Gasteiger partial charge on any atom is -0.406 e. The smallest absolute Gasteiger partial charge is 0.406 e.